The Morgan fingerprint density at radius 1 is 1.20 bits per heavy atom. The first-order valence-corrected chi connectivity index (χ1v) is 6.01. The van der Waals surface area contributed by atoms with Crippen LogP contribution in [0.5, 0.6) is 11.5 Å². The molecule has 0 saturated heterocycles. The van der Waals surface area contributed by atoms with Gasteiger partial charge in [0, 0.05) is 16.8 Å². The molecule has 20 heavy (non-hydrogen) atoms. The number of pyridine rings is 1. The van der Waals surface area contributed by atoms with Gasteiger partial charge in [-0.15, -0.1) is 0 Å². The summed E-state index contributed by atoms with van der Waals surface area (Å²) in [5.41, 5.74) is 8.34. The van der Waals surface area contributed by atoms with Crippen LogP contribution in [0.3, 0.4) is 0 Å². The maximum absolute atomic E-state index is 9.30. The van der Waals surface area contributed by atoms with E-state index in [2.05, 4.69) is 11.1 Å². The van der Waals surface area contributed by atoms with E-state index >= 15 is 0 Å². The van der Waals surface area contributed by atoms with E-state index in [1.807, 2.05) is 25.1 Å². The zero-order valence-corrected chi connectivity index (χ0v) is 11.6. The van der Waals surface area contributed by atoms with Gasteiger partial charge in [-0.2, -0.15) is 5.26 Å². The fraction of sp³-hybridized carbons (Fsp3) is 0.200. The molecule has 0 spiro atoms. The Morgan fingerprint density at radius 2 is 1.95 bits per heavy atom. The number of nitrogens with zero attached hydrogens (tertiary/aromatic N) is 2. The molecule has 1 aromatic heterocycles. The van der Waals surface area contributed by atoms with Gasteiger partial charge in [-0.05, 0) is 19.1 Å². The zero-order chi connectivity index (χ0) is 14.7. The van der Waals surface area contributed by atoms with Crippen molar-refractivity contribution in [2.45, 2.75) is 6.92 Å². The minimum atomic E-state index is 0.215. The Hall–Kier alpha value is -2.74. The number of ether oxygens (including phenoxy) is 2. The van der Waals surface area contributed by atoms with Crippen molar-refractivity contribution in [1.29, 1.82) is 5.26 Å². The summed E-state index contributed by atoms with van der Waals surface area (Å²) in [5, 5.41) is 9.30. The first-order valence-electron chi connectivity index (χ1n) is 6.01. The summed E-state index contributed by atoms with van der Waals surface area (Å²) in [6.07, 6.45) is 0. The van der Waals surface area contributed by atoms with Crippen LogP contribution in [0.1, 0.15) is 11.3 Å². The maximum atomic E-state index is 9.30. The van der Waals surface area contributed by atoms with Crippen LogP contribution in [-0.4, -0.2) is 19.2 Å². The number of hydrogen-bond acceptors (Lipinski definition) is 5. The largest absolute Gasteiger partial charge is 0.493 e. The zero-order valence-electron chi connectivity index (χ0n) is 11.6. The summed E-state index contributed by atoms with van der Waals surface area (Å²) in [5.74, 6) is 1.38. The fourth-order valence-corrected chi connectivity index (χ4v) is 2.13. The molecule has 0 aliphatic carbocycles. The monoisotopic (exact) mass is 269 g/mol. The SMILES string of the molecule is COc1cccc(-c2cc(C)nc(N)c2C#N)c1OC. The highest BCUT2D eigenvalue weighted by atomic mass is 16.5. The van der Waals surface area contributed by atoms with E-state index in [-0.39, 0.29) is 5.82 Å². The number of benzene rings is 1. The van der Waals surface area contributed by atoms with Crippen molar-refractivity contribution in [3.63, 3.8) is 0 Å². The average Bonchev–Trinajstić information content (AvgIpc) is 2.45. The molecular weight excluding hydrogens is 254 g/mol. The fourth-order valence-electron chi connectivity index (χ4n) is 2.13. The molecule has 1 heterocycles. The smallest absolute Gasteiger partial charge is 0.168 e. The third kappa shape index (κ3) is 2.24. The topological polar surface area (TPSA) is 81.2 Å². The molecule has 0 radical (unpaired) electrons. The van der Waals surface area contributed by atoms with Gasteiger partial charge in [0.1, 0.15) is 17.5 Å². The van der Waals surface area contributed by atoms with Crippen molar-refractivity contribution in [3.05, 3.63) is 35.5 Å². The molecule has 0 aliphatic rings. The standard InChI is InChI=1S/C15H15N3O2/c1-9-7-11(12(8-16)15(17)18-9)10-5-4-6-13(19-2)14(10)20-3/h4-7H,1-3H3,(H2,17,18). The maximum Gasteiger partial charge on any atom is 0.168 e. The van der Waals surface area contributed by atoms with Crippen molar-refractivity contribution in [2.24, 2.45) is 0 Å². The number of aryl methyl sites for hydroxylation is 1. The highest BCUT2D eigenvalue weighted by Gasteiger charge is 2.17. The molecule has 0 bridgehead atoms. The van der Waals surface area contributed by atoms with Crippen molar-refractivity contribution in [2.75, 3.05) is 20.0 Å². The number of para-hydroxylation sites is 1. The first kappa shape index (κ1) is 13.7. The number of anilines is 1. The minimum Gasteiger partial charge on any atom is -0.493 e. The molecule has 2 N–H and O–H groups in total. The summed E-state index contributed by atoms with van der Waals surface area (Å²) >= 11 is 0. The van der Waals surface area contributed by atoms with Crippen LogP contribution in [0.4, 0.5) is 5.82 Å². The molecular formula is C15H15N3O2. The molecule has 1 aromatic carbocycles. The van der Waals surface area contributed by atoms with Crippen LogP contribution in [0.2, 0.25) is 0 Å². The third-order valence-corrected chi connectivity index (χ3v) is 2.98. The summed E-state index contributed by atoms with van der Waals surface area (Å²) in [4.78, 5) is 4.11. The van der Waals surface area contributed by atoms with Gasteiger partial charge in [0.15, 0.2) is 11.5 Å². The molecule has 0 aliphatic heterocycles. The van der Waals surface area contributed by atoms with E-state index in [1.165, 1.54) is 0 Å². The Kier molecular flexibility index (Phi) is 3.76. The van der Waals surface area contributed by atoms with E-state index in [9.17, 15) is 5.26 Å². The van der Waals surface area contributed by atoms with E-state index in [0.29, 0.717) is 22.6 Å². The summed E-state index contributed by atoms with van der Waals surface area (Å²) in [7, 11) is 3.13. The molecule has 5 heteroatoms. The van der Waals surface area contributed by atoms with Crippen LogP contribution in [0.25, 0.3) is 11.1 Å². The number of rotatable bonds is 3. The van der Waals surface area contributed by atoms with Gasteiger partial charge in [0.25, 0.3) is 0 Å². The van der Waals surface area contributed by atoms with Crippen molar-refractivity contribution >= 4 is 5.82 Å². The number of nitriles is 1. The van der Waals surface area contributed by atoms with Crippen molar-refractivity contribution in [1.82, 2.24) is 4.98 Å². The predicted octanol–water partition coefficient (Wildman–Crippen LogP) is 2.53. The summed E-state index contributed by atoms with van der Waals surface area (Å²) in [6.45, 7) is 1.83. The molecule has 102 valence electrons. The van der Waals surface area contributed by atoms with Gasteiger partial charge >= 0.3 is 0 Å². The second-order valence-electron chi connectivity index (χ2n) is 4.22. The lowest BCUT2D eigenvalue weighted by Crippen LogP contribution is -2.01. The number of methoxy groups -OCH3 is 2. The van der Waals surface area contributed by atoms with Gasteiger partial charge in [0.2, 0.25) is 0 Å². The van der Waals surface area contributed by atoms with E-state index in [1.54, 1.807) is 20.3 Å². The van der Waals surface area contributed by atoms with Crippen LogP contribution in [-0.2, 0) is 0 Å². The molecule has 0 amide bonds. The lowest BCUT2D eigenvalue weighted by molar-refractivity contribution is 0.356. The van der Waals surface area contributed by atoms with Crippen LogP contribution < -0.4 is 15.2 Å². The van der Waals surface area contributed by atoms with Crippen LogP contribution in [0.15, 0.2) is 24.3 Å². The van der Waals surface area contributed by atoms with Gasteiger partial charge in [0.05, 0.1) is 14.2 Å². The molecule has 0 atom stereocenters. The van der Waals surface area contributed by atoms with E-state index in [4.69, 9.17) is 15.2 Å². The number of aromatic nitrogens is 1. The Labute approximate surface area is 117 Å². The lowest BCUT2D eigenvalue weighted by Gasteiger charge is -2.14. The van der Waals surface area contributed by atoms with Crippen LogP contribution in [0, 0.1) is 18.3 Å². The van der Waals surface area contributed by atoms with Crippen LogP contribution >= 0.6 is 0 Å². The first-order chi connectivity index (χ1) is 9.62. The molecule has 0 saturated carbocycles. The van der Waals surface area contributed by atoms with Crippen molar-refractivity contribution in [3.8, 4) is 28.7 Å². The third-order valence-electron chi connectivity index (χ3n) is 2.98. The second-order valence-corrected chi connectivity index (χ2v) is 4.22. The lowest BCUT2D eigenvalue weighted by atomic mass is 9.99. The normalized spacial score (nSPS) is 9.90. The highest BCUT2D eigenvalue weighted by molar-refractivity contribution is 5.81. The Morgan fingerprint density at radius 3 is 2.55 bits per heavy atom. The second kappa shape index (κ2) is 5.49. The Bertz CT molecular complexity index is 690. The molecule has 0 fully saturated rings. The highest BCUT2D eigenvalue weighted by Crippen LogP contribution is 2.40. The minimum absolute atomic E-state index is 0.215. The van der Waals surface area contributed by atoms with Gasteiger partial charge in [-0.1, -0.05) is 12.1 Å². The number of nitrogens with two attached hydrogens (primary N) is 1. The molecule has 5 nitrogen and oxygen atoms in total. The van der Waals surface area contributed by atoms with E-state index in [0.717, 1.165) is 11.3 Å². The van der Waals surface area contributed by atoms with E-state index < -0.39 is 0 Å². The predicted molar refractivity (Wildman–Crippen MR) is 76.6 cm³/mol. The summed E-state index contributed by atoms with van der Waals surface area (Å²) in [6, 6.07) is 9.40. The quantitative estimate of drug-likeness (QED) is 0.926. The van der Waals surface area contributed by atoms with Gasteiger partial charge in [-0.25, -0.2) is 4.98 Å². The van der Waals surface area contributed by atoms with Crippen molar-refractivity contribution < 1.29 is 9.47 Å². The van der Waals surface area contributed by atoms with Gasteiger partial charge in [-0.3, -0.25) is 0 Å². The number of nitrogen functional groups attached to an aromatic ring is 1. The number of hydrogen-bond donors (Lipinski definition) is 1. The molecule has 2 aromatic rings. The molecule has 0 unspecified atom stereocenters. The average molecular weight is 269 g/mol. The molecule has 2 rings (SSSR count). The van der Waals surface area contributed by atoms with Gasteiger partial charge < -0.3 is 15.2 Å². The Balaban J connectivity index is 2.78. The summed E-state index contributed by atoms with van der Waals surface area (Å²) < 4.78 is 10.7.